The van der Waals surface area contributed by atoms with Gasteiger partial charge in [0.2, 0.25) is 0 Å². The van der Waals surface area contributed by atoms with Gasteiger partial charge in [0.25, 0.3) is 22.2 Å². The number of nitrogens with one attached hydrogen (secondary N) is 2. The molecule has 0 saturated carbocycles. The Kier molecular flexibility index (Phi) is 6.01. The summed E-state index contributed by atoms with van der Waals surface area (Å²) < 4.78 is 9.35. The van der Waals surface area contributed by atoms with E-state index < -0.39 is 11.8 Å². The lowest BCUT2D eigenvalue weighted by atomic mass is 10.1. The fourth-order valence-electron chi connectivity index (χ4n) is 1.23. The van der Waals surface area contributed by atoms with Crippen LogP contribution >= 0.6 is 24.4 Å². The minimum absolute atomic E-state index is 0.0505. The molecule has 6 nitrogen and oxygen atoms in total. The first-order valence-electron chi connectivity index (χ1n) is 5.36. The highest BCUT2D eigenvalue weighted by atomic mass is 32.1. The molecule has 106 valence electrons. The van der Waals surface area contributed by atoms with Crippen LogP contribution in [0.25, 0.3) is 0 Å². The summed E-state index contributed by atoms with van der Waals surface area (Å²) in [7, 11) is 2.69. The number of methoxy groups -OCH3 is 2. The van der Waals surface area contributed by atoms with E-state index in [0.29, 0.717) is 0 Å². The standard InChI is InChI=1S/C12H12N2O4S2/c1-17-11(19)13-9(15)7-4-3-5-8(6-7)10(16)14-12(20)18-2/h3-6H,1-2H3,(H,13,15,19)(H,14,16,20). The maximum atomic E-state index is 11.8. The predicted molar refractivity (Wildman–Crippen MR) is 80.6 cm³/mol. The average Bonchev–Trinajstić information content (AvgIpc) is 2.46. The van der Waals surface area contributed by atoms with Crippen LogP contribution in [-0.2, 0) is 9.47 Å². The summed E-state index contributed by atoms with van der Waals surface area (Å²) in [6, 6.07) is 6.05. The molecule has 1 aromatic rings. The van der Waals surface area contributed by atoms with Crippen molar-refractivity contribution in [3.63, 3.8) is 0 Å². The second kappa shape index (κ2) is 7.51. The Bertz CT molecular complexity index is 515. The lowest BCUT2D eigenvalue weighted by molar-refractivity contribution is 0.0968. The SMILES string of the molecule is COC(=S)NC(=O)c1cccc(C(=O)NC(=S)OC)c1. The van der Waals surface area contributed by atoms with Gasteiger partial charge in [-0.1, -0.05) is 6.07 Å². The monoisotopic (exact) mass is 312 g/mol. The van der Waals surface area contributed by atoms with Gasteiger partial charge >= 0.3 is 0 Å². The van der Waals surface area contributed by atoms with Crippen LogP contribution in [0, 0.1) is 0 Å². The topological polar surface area (TPSA) is 76.7 Å². The fraction of sp³-hybridized carbons (Fsp3) is 0.167. The van der Waals surface area contributed by atoms with Crippen LogP contribution in [0.1, 0.15) is 20.7 Å². The summed E-state index contributed by atoms with van der Waals surface area (Å²) in [6.45, 7) is 0. The van der Waals surface area contributed by atoms with Crippen LogP contribution in [0.4, 0.5) is 0 Å². The molecular formula is C12H12N2O4S2. The highest BCUT2D eigenvalue weighted by molar-refractivity contribution is 7.80. The molecule has 0 aliphatic rings. The van der Waals surface area contributed by atoms with Crippen LogP contribution in [0.2, 0.25) is 0 Å². The van der Waals surface area contributed by atoms with Gasteiger partial charge in [-0.15, -0.1) is 0 Å². The van der Waals surface area contributed by atoms with Crippen molar-refractivity contribution in [1.29, 1.82) is 0 Å². The molecule has 0 spiro atoms. The average molecular weight is 312 g/mol. The van der Waals surface area contributed by atoms with Gasteiger partial charge in [-0.05, 0) is 42.6 Å². The molecule has 20 heavy (non-hydrogen) atoms. The molecule has 0 bridgehead atoms. The van der Waals surface area contributed by atoms with Gasteiger partial charge in [0, 0.05) is 11.1 Å². The van der Waals surface area contributed by atoms with E-state index in [4.69, 9.17) is 24.4 Å². The van der Waals surface area contributed by atoms with Crippen molar-refractivity contribution >= 4 is 46.6 Å². The number of amides is 2. The summed E-state index contributed by atoms with van der Waals surface area (Å²) in [5.41, 5.74) is 0.528. The van der Waals surface area contributed by atoms with Gasteiger partial charge in [-0.3, -0.25) is 20.2 Å². The number of hydrogen-bond donors (Lipinski definition) is 2. The zero-order valence-electron chi connectivity index (χ0n) is 10.8. The lowest BCUT2D eigenvalue weighted by Crippen LogP contribution is -2.31. The Labute approximate surface area is 126 Å². The van der Waals surface area contributed by atoms with Crippen LogP contribution in [0.3, 0.4) is 0 Å². The number of hydrogen-bond acceptors (Lipinski definition) is 6. The highest BCUT2D eigenvalue weighted by Gasteiger charge is 2.12. The van der Waals surface area contributed by atoms with Gasteiger partial charge in [0.05, 0.1) is 14.2 Å². The molecule has 0 aliphatic heterocycles. The van der Waals surface area contributed by atoms with Crippen molar-refractivity contribution in [3.8, 4) is 0 Å². The summed E-state index contributed by atoms with van der Waals surface area (Å²) in [4.78, 5) is 23.6. The molecule has 0 heterocycles. The van der Waals surface area contributed by atoms with E-state index in [-0.39, 0.29) is 21.5 Å². The van der Waals surface area contributed by atoms with Crippen molar-refractivity contribution in [2.75, 3.05) is 14.2 Å². The van der Waals surface area contributed by atoms with Crippen LogP contribution in [-0.4, -0.2) is 36.4 Å². The lowest BCUT2D eigenvalue weighted by Gasteiger charge is -2.07. The highest BCUT2D eigenvalue weighted by Crippen LogP contribution is 2.05. The maximum absolute atomic E-state index is 11.8. The third-order valence-electron chi connectivity index (χ3n) is 2.19. The van der Waals surface area contributed by atoms with Gasteiger partial charge < -0.3 is 9.47 Å². The Morgan fingerprint density at radius 2 is 1.35 bits per heavy atom. The van der Waals surface area contributed by atoms with Crippen molar-refractivity contribution in [1.82, 2.24) is 10.6 Å². The van der Waals surface area contributed by atoms with Gasteiger partial charge in [-0.25, -0.2) is 0 Å². The Balaban J connectivity index is 2.85. The third kappa shape index (κ3) is 4.56. The summed E-state index contributed by atoms with van der Waals surface area (Å²) >= 11 is 9.44. The van der Waals surface area contributed by atoms with Gasteiger partial charge in [0.15, 0.2) is 0 Å². The largest absolute Gasteiger partial charge is 0.474 e. The molecule has 2 N–H and O–H groups in total. The summed E-state index contributed by atoms with van der Waals surface area (Å²) in [5, 5.41) is 4.60. The van der Waals surface area contributed by atoms with Crippen LogP contribution in [0.15, 0.2) is 24.3 Å². The Morgan fingerprint density at radius 3 is 1.70 bits per heavy atom. The fourth-order valence-corrected chi connectivity index (χ4v) is 1.42. The van der Waals surface area contributed by atoms with Crippen molar-refractivity contribution in [2.24, 2.45) is 0 Å². The molecule has 0 aromatic heterocycles. The van der Waals surface area contributed by atoms with Crippen LogP contribution in [0.5, 0.6) is 0 Å². The van der Waals surface area contributed by atoms with Gasteiger partial charge in [0.1, 0.15) is 0 Å². The summed E-state index contributed by atoms with van der Waals surface area (Å²) in [5.74, 6) is -0.943. The number of ether oxygens (including phenoxy) is 2. The molecule has 8 heteroatoms. The number of thiocarbonyl (C=S) groups is 2. The molecule has 0 saturated heterocycles. The van der Waals surface area contributed by atoms with Crippen molar-refractivity contribution in [3.05, 3.63) is 35.4 Å². The molecule has 0 aliphatic carbocycles. The molecule has 2 amide bonds. The predicted octanol–water partition coefficient (Wildman–Crippen LogP) is 1.01. The van der Waals surface area contributed by atoms with E-state index in [1.807, 2.05) is 0 Å². The minimum Gasteiger partial charge on any atom is -0.474 e. The number of benzene rings is 1. The maximum Gasteiger partial charge on any atom is 0.263 e. The zero-order chi connectivity index (χ0) is 15.1. The molecule has 0 atom stereocenters. The molecule has 0 radical (unpaired) electrons. The second-order valence-corrected chi connectivity index (χ2v) is 4.21. The van der Waals surface area contributed by atoms with E-state index in [1.165, 1.54) is 20.3 Å². The van der Waals surface area contributed by atoms with Crippen LogP contribution < -0.4 is 10.6 Å². The van der Waals surface area contributed by atoms with E-state index in [2.05, 4.69) is 20.1 Å². The first-order valence-corrected chi connectivity index (χ1v) is 6.18. The molecule has 1 rings (SSSR count). The summed E-state index contributed by atoms with van der Waals surface area (Å²) in [6.07, 6.45) is 0. The van der Waals surface area contributed by atoms with Crippen molar-refractivity contribution < 1.29 is 19.1 Å². The number of rotatable bonds is 2. The first-order chi connectivity index (χ1) is 9.47. The Hall–Kier alpha value is -2.06. The van der Waals surface area contributed by atoms with E-state index in [1.54, 1.807) is 18.2 Å². The molecule has 0 unspecified atom stereocenters. The normalized spacial score (nSPS) is 9.30. The quantitative estimate of drug-likeness (QED) is 0.794. The third-order valence-corrected chi connectivity index (χ3v) is 2.73. The van der Waals surface area contributed by atoms with E-state index in [0.717, 1.165) is 0 Å². The molecule has 1 aromatic carbocycles. The Morgan fingerprint density at radius 1 is 0.950 bits per heavy atom. The van der Waals surface area contributed by atoms with Crippen molar-refractivity contribution in [2.45, 2.75) is 0 Å². The second-order valence-electron chi connectivity index (χ2n) is 3.47. The van der Waals surface area contributed by atoms with E-state index >= 15 is 0 Å². The number of carbonyl (C=O) groups is 2. The van der Waals surface area contributed by atoms with E-state index in [9.17, 15) is 9.59 Å². The minimum atomic E-state index is -0.471. The smallest absolute Gasteiger partial charge is 0.263 e. The number of carbonyl (C=O) groups excluding carboxylic acids is 2. The molecular weight excluding hydrogens is 300 g/mol. The zero-order valence-corrected chi connectivity index (χ0v) is 12.4. The van der Waals surface area contributed by atoms with Gasteiger partial charge in [-0.2, -0.15) is 0 Å². The first kappa shape index (κ1) is 16.0. The molecule has 0 fully saturated rings.